The molecule has 122 valence electrons. The third-order valence-electron chi connectivity index (χ3n) is 3.55. The molecular weight excluding hydrogens is 372 g/mol. The molecule has 24 heavy (non-hydrogen) atoms. The standard InChI is InChI=1S/C17H10Cl2FNO2S/c1-9(10-2-4-11(18)5-3-10)15-16(22)21(17(23)24-15)12-6-7-14(20)13(19)8-12/h2-8H,1H3/b15-9-. The first-order valence-electron chi connectivity index (χ1n) is 6.86. The molecule has 0 N–H and O–H groups in total. The summed E-state index contributed by atoms with van der Waals surface area (Å²) in [7, 11) is 0. The van der Waals surface area contributed by atoms with Crippen molar-refractivity contribution in [3.05, 3.63) is 68.8 Å². The summed E-state index contributed by atoms with van der Waals surface area (Å²) < 4.78 is 13.3. The minimum atomic E-state index is -0.611. The molecule has 3 rings (SSSR count). The van der Waals surface area contributed by atoms with Crippen molar-refractivity contribution in [2.75, 3.05) is 4.90 Å². The molecule has 0 aliphatic carbocycles. The number of carbonyl (C=O) groups is 2. The molecule has 0 aromatic heterocycles. The van der Waals surface area contributed by atoms with Gasteiger partial charge < -0.3 is 0 Å². The van der Waals surface area contributed by atoms with Gasteiger partial charge in [-0.2, -0.15) is 0 Å². The van der Waals surface area contributed by atoms with Crippen LogP contribution in [0.15, 0.2) is 47.4 Å². The van der Waals surface area contributed by atoms with Gasteiger partial charge in [-0.25, -0.2) is 9.29 Å². The Balaban J connectivity index is 2.00. The second-order valence-corrected chi connectivity index (χ2v) is 6.87. The van der Waals surface area contributed by atoms with Crippen molar-refractivity contribution in [2.24, 2.45) is 0 Å². The zero-order valence-corrected chi connectivity index (χ0v) is 14.7. The Hall–Kier alpha value is -1.82. The lowest BCUT2D eigenvalue weighted by Crippen LogP contribution is -2.27. The first-order chi connectivity index (χ1) is 11.4. The summed E-state index contributed by atoms with van der Waals surface area (Å²) in [6.07, 6.45) is 0. The number of allylic oxidation sites excluding steroid dienone is 1. The quantitative estimate of drug-likeness (QED) is 0.620. The Morgan fingerprint density at radius 1 is 1.08 bits per heavy atom. The van der Waals surface area contributed by atoms with E-state index in [0.717, 1.165) is 28.3 Å². The Kier molecular flexibility index (Phi) is 4.67. The van der Waals surface area contributed by atoms with E-state index in [9.17, 15) is 14.0 Å². The zero-order chi connectivity index (χ0) is 17.4. The molecule has 1 aliphatic rings. The number of thioether (sulfide) groups is 1. The van der Waals surface area contributed by atoms with E-state index in [0.29, 0.717) is 15.5 Å². The Morgan fingerprint density at radius 3 is 2.38 bits per heavy atom. The van der Waals surface area contributed by atoms with Gasteiger partial charge in [-0.1, -0.05) is 35.3 Å². The number of benzene rings is 2. The van der Waals surface area contributed by atoms with Crippen LogP contribution in [0.5, 0.6) is 0 Å². The van der Waals surface area contributed by atoms with E-state index in [1.165, 1.54) is 12.1 Å². The Bertz CT molecular complexity index is 881. The molecule has 3 nitrogen and oxygen atoms in total. The average molecular weight is 382 g/mol. The highest BCUT2D eigenvalue weighted by molar-refractivity contribution is 8.19. The monoisotopic (exact) mass is 381 g/mol. The van der Waals surface area contributed by atoms with E-state index in [2.05, 4.69) is 0 Å². The first-order valence-corrected chi connectivity index (χ1v) is 8.44. The molecule has 0 spiro atoms. The fourth-order valence-electron chi connectivity index (χ4n) is 2.28. The van der Waals surface area contributed by atoms with Crippen LogP contribution in [0.2, 0.25) is 10.0 Å². The maximum absolute atomic E-state index is 13.3. The van der Waals surface area contributed by atoms with Crippen LogP contribution >= 0.6 is 35.0 Å². The summed E-state index contributed by atoms with van der Waals surface area (Å²) >= 11 is 12.4. The van der Waals surface area contributed by atoms with Crippen LogP contribution < -0.4 is 4.90 Å². The second-order valence-electron chi connectivity index (χ2n) is 5.07. The average Bonchev–Trinajstić information content (AvgIpc) is 2.85. The highest BCUT2D eigenvalue weighted by Crippen LogP contribution is 2.39. The fraction of sp³-hybridized carbons (Fsp3) is 0.0588. The number of hydrogen-bond donors (Lipinski definition) is 0. The predicted molar refractivity (Wildman–Crippen MR) is 95.9 cm³/mol. The van der Waals surface area contributed by atoms with Gasteiger partial charge in [-0.3, -0.25) is 9.59 Å². The van der Waals surface area contributed by atoms with Crippen molar-refractivity contribution in [3.63, 3.8) is 0 Å². The summed E-state index contributed by atoms with van der Waals surface area (Å²) in [5.74, 6) is -1.07. The molecule has 0 bridgehead atoms. The zero-order valence-electron chi connectivity index (χ0n) is 12.3. The number of hydrogen-bond acceptors (Lipinski definition) is 3. The topological polar surface area (TPSA) is 37.4 Å². The molecule has 1 heterocycles. The maximum Gasteiger partial charge on any atom is 0.298 e. The number of nitrogens with zero attached hydrogens (tertiary/aromatic N) is 1. The summed E-state index contributed by atoms with van der Waals surface area (Å²) in [4.78, 5) is 26.2. The van der Waals surface area contributed by atoms with Crippen molar-refractivity contribution >= 4 is 57.4 Å². The highest BCUT2D eigenvalue weighted by Gasteiger charge is 2.37. The van der Waals surface area contributed by atoms with Gasteiger partial charge in [0.1, 0.15) is 5.82 Å². The van der Waals surface area contributed by atoms with E-state index >= 15 is 0 Å². The van der Waals surface area contributed by atoms with Crippen LogP contribution in [0.4, 0.5) is 14.9 Å². The number of halogens is 3. The van der Waals surface area contributed by atoms with E-state index in [4.69, 9.17) is 23.2 Å². The summed E-state index contributed by atoms with van der Waals surface area (Å²) in [5.41, 5.74) is 1.70. The minimum absolute atomic E-state index is 0.148. The molecule has 2 amide bonds. The fourth-order valence-corrected chi connectivity index (χ4v) is 3.48. The van der Waals surface area contributed by atoms with Gasteiger partial charge in [-0.05, 0) is 60.2 Å². The molecular formula is C17H10Cl2FNO2S. The Morgan fingerprint density at radius 2 is 1.75 bits per heavy atom. The van der Waals surface area contributed by atoms with Crippen LogP contribution in [0.25, 0.3) is 5.57 Å². The van der Waals surface area contributed by atoms with Crippen molar-refractivity contribution in [3.8, 4) is 0 Å². The minimum Gasteiger partial charge on any atom is -0.268 e. The maximum atomic E-state index is 13.3. The van der Waals surface area contributed by atoms with Gasteiger partial charge in [-0.15, -0.1) is 0 Å². The molecule has 0 atom stereocenters. The smallest absolute Gasteiger partial charge is 0.268 e. The summed E-state index contributed by atoms with van der Waals surface area (Å²) in [6.45, 7) is 1.76. The third-order valence-corrected chi connectivity index (χ3v) is 5.13. The van der Waals surface area contributed by atoms with Gasteiger partial charge in [0.05, 0.1) is 15.6 Å². The lowest BCUT2D eigenvalue weighted by Gasteiger charge is -2.13. The number of imide groups is 1. The van der Waals surface area contributed by atoms with Gasteiger partial charge in [0.25, 0.3) is 11.1 Å². The molecule has 0 saturated carbocycles. The molecule has 0 radical (unpaired) electrons. The number of amides is 2. The van der Waals surface area contributed by atoms with Gasteiger partial charge in [0, 0.05) is 5.02 Å². The van der Waals surface area contributed by atoms with E-state index < -0.39 is 17.0 Å². The molecule has 0 unspecified atom stereocenters. The number of anilines is 1. The van der Waals surface area contributed by atoms with Crippen LogP contribution in [0, 0.1) is 5.82 Å². The number of rotatable bonds is 2. The highest BCUT2D eigenvalue weighted by atomic mass is 35.5. The van der Waals surface area contributed by atoms with Gasteiger partial charge >= 0.3 is 0 Å². The third kappa shape index (κ3) is 3.07. The number of carbonyl (C=O) groups excluding carboxylic acids is 2. The normalized spacial score (nSPS) is 16.8. The van der Waals surface area contributed by atoms with Gasteiger partial charge in [0.2, 0.25) is 0 Å². The van der Waals surface area contributed by atoms with Crippen molar-refractivity contribution in [1.82, 2.24) is 0 Å². The summed E-state index contributed by atoms with van der Waals surface area (Å²) in [5, 5.41) is -0.0171. The predicted octanol–water partition coefficient (Wildman–Crippen LogP) is 5.76. The molecule has 1 fully saturated rings. The van der Waals surface area contributed by atoms with Crippen LogP contribution in [0.3, 0.4) is 0 Å². The van der Waals surface area contributed by atoms with E-state index in [1.54, 1.807) is 31.2 Å². The van der Waals surface area contributed by atoms with Crippen molar-refractivity contribution < 1.29 is 14.0 Å². The molecule has 1 aliphatic heterocycles. The first kappa shape index (κ1) is 17.0. The largest absolute Gasteiger partial charge is 0.298 e. The van der Waals surface area contributed by atoms with Crippen LogP contribution in [0.1, 0.15) is 12.5 Å². The molecule has 2 aromatic carbocycles. The Labute approximate surface area is 152 Å². The molecule has 1 saturated heterocycles. The van der Waals surface area contributed by atoms with Gasteiger partial charge in [0.15, 0.2) is 0 Å². The van der Waals surface area contributed by atoms with Crippen LogP contribution in [-0.2, 0) is 4.79 Å². The lowest BCUT2D eigenvalue weighted by molar-refractivity contribution is -0.113. The van der Waals surface area contributed by atoms with Crippen molar-refractivity contribution in [1.29, 1.82) is 0 Å². The lowest BCUT2D eigenvalue weighted by atomic mass is 10.1. The SMILES string of the molecule is C/C(=C1/SC(=O)N(c2ccc(F)c(Cl)c2)C1=O)c1ccc(Cl)cc1. The molecule has 2 aromatic rings. The van der Waals surface area contributed by atoms with Crippen molar-refractivity contribution in [2.45, 2.75) is 6.92 Å². The van der Waals surface area contributed by atoms with E-state index in [1.807, 2.05) is 0 Å². The summed E-state index contributed by atoms with van der Waals surface area (Å²) in [6, 6.07) is 10.7. The second kappa shape index (κ2) is 6.59. The van der Waals surface area contributed by atoms with Crippen LogP contribution in [-0.4, -0.2) is 11.1 Å². The molecule has 7 heteroatoms. The van der Waals surface area contributed by atoms with E-state index in [-0.39, 0.29) is 10.7 Å².